The molecule has 3 rings (SSSR count). The lowest BCUT2D eigenvalue weighted by Gasteiger charge is -2.23. The summed E-state index contributed by atoms with van der Waals surface area (Å²) in [6.07, 6.45) is 3.41. The van der Waals surface area contributed by atoms with Crippen LogP contribution >= 0.6 is 0 Å². The van der Waals surface area contributed by atoms with Gasteiger partial charge in [-0.25, -0.2) is 4.68 Å². The Balaban J connectivity index is 1.64. The van der Waals surface area contributed by atoms with E-state index in [4.69, 9.17) is 5.11 Å². The fourth-order valence-corrected chi connectivity index (χ4v) is 2.90. The molecule has 1 unspecified atom stereocenters. The minimum absolute atomic E-state index is 0.0178. The van der Waals surface area contributed by atoms with E-state index in [9.17, 15) is 9.59 Å². The number of aromatic nitrogens is 4. The third-order valence-electron chi connectivity index (χ3n) is 4.01. The molecule has 1 atom stereocenters. The first-order chi connectivity index (χ1) is 11.1. The first kappa shape index (κ1) is 15.1. The topological polar surface area (TPSA) is 101 Å². The molecule has 1 N–H and O–H groups in total. The van der Waals surface area contributed by atoms with Gasteiger partial charge in [-0.3, -0.25) is 9.59 Å². The van der Waals surface area contributed by atoms with Gasteiger partial charge in [0.05, 0.1) is 18.5 Å². The molecule has 1 aliphatic heterocycles. The monoisotopic (exact) mass is 315 g/mol. The van der Waals surface area contributed by atoms with Crippen LogP contribution in [0.2, 0.25) is 0 Å². The number of aliphatic carboxylic acids is 1. The van der Waals surface area contributed by atoms with Crippen molar-refractivity contribution >= 4 is 11.9 Å². The summed E-state index contributed by atoms with van der Waals surface area (Å²) < 4.78 is 1.54. The van der Waals surface area contributed by atoms with Crippen LogP contribution in [0.5, 0.6) is 0 Å². The second-order valence-corrected chi connectivity index (χ2v) is 5.58. The first-order valence-corrected chi connectivity index (χ1v) is 7.47. The van der Waals surface area contributed by atoms with Crippen molar-refractivity contribution in [2.45, 2.75) is 31.7 Å². The standard InChI is InChI=1S/C15H17N5O3/c21-14(19-7-1-2-13(19)9-15(22)23)8-11-3-5-12(6-4-11)20-10-16-17-18-20/h3-6,10,13H,1-2,7-9H2,(H,22,23). The van der Waals surface area contributed by atoms with Crippen LogP contribution in [-0.2, 0) is 16.0 Å². The van der Waals surface area contributed by atoms with Gasteiger partial charge in [-0.2, -0.15) is 0 Å². The minimum Gasteiger partial charge on any atom is -0.481 e. The molecule has 0 aliphatic carbocycles. The molecule has 2 aromatic rings. The summed E-state index contributed by atoms with van der Waals surface area (Å²) in [6, 6.07) is 7.23. The highest BCUT2D eigenvalue weighted by molar-refractivity contribution is 5.80. The van der Waals surface area contributed by atoms with Crippen molar-refractivity contribution in [2.75, 3.05) is 6.54 Å². The van der Waals surface area contributed by atoms with E-state index in [1.807, 2.05) is 24.3 Å². The molecule has 120 valence electrons. The molecule has 2 heterocycles. The van der Waals surface area contributed by atoms with E-state index >= 15 is 0 Å². The fourth-order valence-electron chi connectivity index (χ4n) is 2.90. The Morgan fingerprint density at radius 1 is 1.26 bits per heavy atom. The molecule has 0 saturated carbocycles. The summed E-state index contributed by atoms with van der Waals surface area (Å²) in [6.45, 7) is 0.638. The van der Waals surface area contributed by atoms with E-state index in [1.165, 1.54) is 11.0 Å². The lowest BCUT2D eigenvalue weighted by Crippen LogP contribution is -2.37. The molecular weight excluding hydrogens is 298 g/mol. The summed E-state index contributed by atoms with van der Waals surface area (Å²) in [5.41, 5.74) is 1.70. The molecule has 1 saturated heterocycles. The smallest absolute Gasteiger partial charge is 0.305 e. The van der Waals surface area contributed by atoms with Crippen molar-refractivity contribution in [1.29, 1.82) is 0 Å². The van der Waals surface area contributed by atoms with E-state index in [2.05, 4.69) is 15.5 Å². The Labute approximate surface area is 132 Å². The average molecular weight is 315 g/mol. The highest BCUT2D eigenvalue weighted by atomic mass is 16.4. The normalized spacial score (nSPS) is 17.4. The average Bonchev–Trinajstić information content (AvgIpc) is 3.18. The maximum Gasteiger partial charge on any atom is 0.305 e. The number of carbonyl (C=O) groups excluding carboxylic acids is 1. The van der Waals surface area contributed by atoms with Gasteiger partial charge < -0.3 is 10.0 Å². The Morgan fingerprint density at radius 2 is 2.04 bits per heavy atom. The number of carboxylic acids is 1. The van der Waals surface area contributed by atoms with Crippen molar-refractivity contribution in [3.63, 3.8) is 0 Å². The van der Waals surface area contributed by atoms with Crippen molar-refractivity contribution in [1.82, 2.24) is 25.1 Å². The number of rotatable bonds is 5. The zero-order valence-corrected chi connectivity index (χ0v) is 12.5. The molecule has 1 fully saturated rings. The SMILES string of the molecule is O=C(O)CC1CCCN1C(=O)Cc1ccc(-n2cnnn2)cc1. The van der Waals surface area contributed by atoms with Crippen LogP contribution in [0.15, 0.2) is 30.6 Å². The molecule has 0 spiro atoms. The second-order valence-electron chi connectivity index (χ2n) is 5.58. The molecule has 8 nitrogen and oxygen atoms in total. The number of amides is 1. The molecule has 23 heavy (non-hydrogen) atoms. The van der Waals surface area contributed by atoms with Crippen LogP contribution in [0.25, 0.3) is 5.69 Å². The molecule has 1 amide bonds. The van der Waals surface area contributed by atoms with Crippen LogP contribution in [-0.4, -0.2) is 54.7 Å². The van der Waals surface area contributed by atoms with Crippen molar-refractivity contribution in [3.8, 4) is 5.69 Å². The van der Waals surface area contributed by atoms with E-state index in [-0.39, 0.29) is 24.8 Å². The Kier molecular flexibility index (Phi) is 4.31. The van der Waals surface area contributed by atoms with Gasteiger partial charge in [0.15, 0.2) is 0 Å². The summed E-state index contributed by atoms with van der Waals surface area (Å²) in [5, 5.41) is 19.9. The van der Waals surface area contributed by atoms with Gasteiger partial charge in [0.25, 0.3) is 0 Å². The number of benzene rings is 1. The third kappa shape index (κ3) is 3.53. The lowest BCUT2D eigenvalue weighted by molar-refractivity contribution is -0.139. The van der Waals surface area contributed by atoms with Gasteiger partial charge in [-0.05, 0) is 41.0 Å². The molecule has 1 aromatic carbocycles. The van der Waals surface area contributed by atoms with Gasteiger partial charge in [-0.15, -0.1) is 5.10 Å². The van der Waals surface area contributed by atoms with Gasteiger partial charge in [-0.1, -0.05) is 12.1 Å². The highest BCUT2D eigenvalue weighted by Gasteiger charge is 2.30. The third-order valence-corrected chi connectivity index (χ3v) is 4.01. The molecule has 8 heteroatoms. The molecule has 0 bridgehead atoms. The van der Waals surface area contributed by atoms with E-state index < -0.39 is 5.97 Å². The van der Waals surface area contributed by atoms with E-state index in [1.54, 1.807) is 4.90 Å². The van der Waals surface area contributed by atoms with Crippen LogP contribution in [0.3, 0.4) is 0 Å². The van der Waals surface area contributed by atoms with Gasteiger partial charge in [0.2, 0.25) is 5.91 Å². The fraction of sp³-hybridized carbons (Fsp3) is 0.400. The quantitative estimate of drug-likeness (QED) is 0.870. The predicted molar refractivity (Wildman–Crippen MR) is 79.8 cm³/mol. The summed E-state index contributed by atoms with van der Waals surface area (Å²) >= 11 is 0. The maximum absolute atomic E-state index is 12.4. The van der Waals surface area contributed by atoms with Crippen LogP contribution in [0.4, 0.5) is 0 Å². The van der Waals surface area contributed by atoms with E-state index in [0.29, 0.717) is 6.54 Å². The van der Waals surface area contributed by atoms with Crippen LogP contribution in [0.1, 0.15) is 24.8 Å². The molecule has 0 radical (unpaired) electrons. The second kappa shape index (κ2) is 6.55. The Morgan fingerprint density at radius 3 is 2.70 bits per heavy atom. The van der Waals surface area contributed by atoms with E-state index in [0.717, 1.165) is 24.1 Å². The Hall–Kier alpha value is -2.77. The van der Waals surface area contributed by atoms with Gasteiger partial charge >= 0.3 is 5.97 Å². The van der Waals surface area contributed by atoms with Crippen molar-refractivity contribution in [3.05, 3.63) is 36.2 Å². The number of carboxylic acid groups (broad SMARTS) is 1. The largest absolute Gasteiger partial charge is 0.481 e. The summed E-state index contributed by atoms with van der Waals surface area (Å²) in [5.74, 6) is -0.885. The van der Waals surface area contributed by atoms with Crippen LogP contribution in [0, 0.1) is 0 Å². The van der Waals surface area contributed by atoms with Gasteiger partial charge in [0.1, 0.15) is 6.33 Å². The van der Waals surface area contributed by atoms with Crippen molar-refractivity contribution < 1.29 is 14.7 Å². The van der Waals surface area contributed by atoms with Crippen LogP contribution < -0.4 is 0 Å². The first-order valence-electron chi connectivity index (χ1n) is 7.47. The predicted octanol–water partition coefficient (Wildman–Crippen LogP) is 0.670. The molecule has 1 aliphatic rings. The number of tetrazole rings is 1. The zero-order chi connectivity index (χ0) is 16.2. The highest BCUT2D eigenvalue weighted by Crippen LogP contribution is 2.21. The summed E-state index contributed by atoms with van der Waals surface area (Å²) in [4.78, 5) is 25.0. The Bertz CT molecular complexity index is 684. The number of carbonyl (C=O) groups is 2. The zero-order valence-electron chi connectivity index (χ0n) is 12.5. The number of hydrogen-bond acceptors (Lipinski definition) is 5. The molecular formula is C15H17N5O3. The minimum atomic E-state index is -0.861. The van der Waals surface area contributed by atoms with Gasteiger partial charge in [0, 0.05) is 12.6 Å². The van der Waals surface area contributed by atoms with Crippen molar-refractivity contribution in [2.24, 2.45) is 0 Å². The lowest BCUT2D eigenvalue weighted by atomic mass is 10.1. The maximum atomic E-state index is 12.4. The number of hydrogen-bond donors (Lipinski definition) is 1. The number of likely N-dealkylation sites (tertiary alicyclic amines) is 1. The molecule has 1 aromatic heterocycles. The summed E-state index contributed by atoms with van der Waals surface area (Å²) in [7, 11) is 0. The number of nitrogens with zero attached hydrogens (tertiary/aromatic N) is 5.